The zero-order valence-corrected chi connectivity index (χ0v) is 16.4. The van der Waals surface area contributed by atoms with Gasteiger partial charge in [-0.05, 0) is 48.3 Å². The molecule has 28 heavy (non-hydrogen) atoms. The molecule has 0 spiro atoms. The van der Waals surface area contributed by atoms with Crippen LogP contribution in [-0.4, -0.2) is 54.3 Å². The summed E-state index contributed by atoms with van der Waals surface area (Å²) in [6.45, 7) is 1.34. The SMILES string of the molecule is COC(=O)c1ccccc1O[C@@H]1C[C@@H]2CN(C(=O)c3ccsc3)C[C@@H]2C[C@H]1O. The Morgan fingerprint density at radius 3 is 2.61 bits per heavy atom. The van der Waals surface area contributed by atoms with Crippen molar-refractivity contribution in [3.63, 3.8) is 0 Å². The van der Waals surface area contributed by atoms with E-state index in [0.29, 0.717) is 37.2 Å². The normalized spacial score (nSPS) is 26.6. The summed E-state index contributed by atoms with van der Waals surface area (Å²) < 4.78 is 10.9. The topological polar surface area (TPSA) is 76.1 Å². The fourth-order valence-electron chi connectivity index (χ4n) is 4.26. The van der Waals surface area contributed by atoms with Gasteiger partial charge < -0.3 is 19.5 Å². The van der Waals surface area contributed by atoms with Crippen LogP contribution >= 0.6 is 11.3 Å². The molecule has 1 N–H and O–H groups in total. The summed E-state index contributed by atoms with van der Waals surface area (Å²) in [4.78, 5) is 26.5. The van der Waals surface area contributed by atoms with Gasteiger partial charge in [-0.1, -0.05) is 12.1 Å². The average Bonchev–Trinajstić information content (AvgIpc) is 3.37. The second-order valence-corrected chi connectivity index (χ2v) is 8.21. The molecule has 6 nitrogen and oxygen atoms in total. The number of esters is 1. The van der Waals surface area contributed by atoms with E-state index in [9.17, 15) is 14.7 Å². The predicted octanol–water partition coefficient (Wildman–Crippen LogP) is 2.83. The van der Waals surface area contributed by atoms with Gasteiger partial charge >= 0.3 is 5.97 Å². The largest absolute Gasteiger partial charge is 0.487 e. The summed E-state index contributed by atoms with van der Waals surface area (Å²) in [6.07, 6.45) is 0.184. The molecule has 1 saturated heterocycles. The van der Waals surface area contributed by atoms with Crippen LogP contribution in [-0.2, 0) is 4.74 Å². The van der Waals surface area contributed by atoms with E-state index in [1.54, 1.807) is 24.3 Å². The molecule has 2 aromatic rings. The Bertz CT molecular complexity index is 852. The molecule has 4 rings (SSSR count). The number of hydrogen-bond acceptors (Lipinski definition) is 6. The molecule has 0 bridgehead atoms. The number of aliphatic hydroxyl groups is 1. The lowest BCUT2D eigenvalue weighted by molar-refractivity contribution is -0.0237. The van der Waals surface area contributed by atoms with Crippen LogP contribution in [0.3, 0.4) is 0 Å². The number of thiophene rings is 1. The molecule has 4 atom stereocenters. The second-order valence-electron chi connectivity index (χ2n) is 7.43. The van der Waals surface area contributed by atoms with E-state index in [-0.39, 0.29) is 17.7 Å². The van der Waals surface area contributed by atoms with Crippen molar-refractivity contribution in [2.45, 2.75) is 25.0 Å². The molecule has 1 aliphatic carbocycles. The number of carbonyl (C=O) groups is 2. The number of ether oxygens (including phenoxy) is 2. The van der Waals surface area contributed by atoms with Crippen molar-refractivity contribution in [3.8, 4) is 5.75 Å². The third kappa shape index (κ3) is 3.64. The van der Waals surface area contributed by atoms with E-state index in [0.717, 1.165) is 5.56 Å². The molecule has 1 saturated carbocycles. The van der Waals surface area contributed by atoms with E-state index >= 15 is 0 Å². The number of methoxy groups -OCH3 is 1. The molecule has 2 aliphatic rings. The van der Waals surface area contributed by atoms with Crippen LogP contribution in [0.2, 0.25) is 0 Å². The summed E-state index contributed by atoms with van der Waals surface area (Å²) in [5.41, 5.74) is 1.07. The number of fused-ring (bicyclic) bond motifs is 1. The number of rotatable bonds is 4. The molecular weight excluding hydrogens is 378 g/mol. The number of para-hydroxylation sites is 1. The highest BCUT2D eigenvalue weighted by Gasteiger charge is 2.44. The number of carbonyl (C=O) groups excluding carboxylic acids is 2. The van der Waals surface area contributed by atoms with Crippen LogP contribution in [0.5, 0.6) is 5.75 Å². The lowest BCUT2D eigenvalue weighted by Crippen LogP contribution is -2.42. The van der Waals surface area contributed by atoms with Crippen molar-refractivity contribution in [1.29, 1.82) is 0 Å². The quantitative estimate of drug-likeness (QED) is 0.798. The van der Waals surface area contributed by atoms with Gasteiger partial charge in [0.15, 0.2) is 0 Å². The third-order valence-corrected chi connectivity index (χ3v) is 6.39. The van der Waals surface area contributed by atoms with Gasteiger partial charge in [-0.25, -0.2) is 4.79 Å². The molecule has 1 aromatic carbocycles. The van der Waals surface area contributed by atoms with Gasteiger partial charge in [-0.3, -0.25) is 4.79 Å². The molecule has 1 aromatic heterocycles. The molecule has 2 fully saturated rings. The zero-order chi connectivity index (χ0) is 19.7. The third-order valence-electron chi connectivity index (χ3n) is 5.71. The van der Waals surface area contributed by atoms with Crippen molar-refractivity contribution in [2.24, 2.45) is 11.8 Å². The Morgan fingerprint density at radius 2 is 1.89 bits per heavy atom. The highest BCUT2D eigenvalue weighted by atomic mass is 32.1. The van der Waals surface area contributed by atoms with Crippen LogP contribution in [0.4, 0.5) is 0 Å². The van der Waals surface area contributed by atoms with Gasteiger partial charge in [0.25, 0.3) is 5.91 Å². The molecule has 2 heterocycles. The molecule has 1 aliphatic heterocycles. The van der Waals surface area contributed by atoms with E-state index in [4.69, 9.17) is 9.47 Å². The number of likely N-dealkylation sites (tertiary alicyclic amines) is 1. The number of amides is 1. The molecule has 0 radical (unpaired) electrons. The van der Waals surface area contributed by atoms with Crippen molar-refractivity contribution < 1.29 is 24.2 Å². The zero-order valence-electron chi connectivity index (χ0n) is 15.6. The predicted molar refractivity (Wildman–Crippen MR) is 105 cm³/mol. The summed E-state index contributed by atoms with van der Waals surface area (Å²) in [5, 5.41) is 14.4. The molecule has 1 amide bonds. The van der Waals surface area contributed by atoms with E-state index in [1.165, 1.54) is 18.4 Å². The number of nitrogens with zero attached hydrogens (tertiary/aromatic N) is 1. The molecule has 7 heteroatoms. The standard InChI is InChI=1S/C21H23NO5S/c1-26-21(25)16-4-2-3-5-18(16)27-19-9-15-11-22(10-14(15)8-17(19)23)20(24)13-6-7-28-12-13/h2-7,12,14-15,17,19,23H,8-11H2,1H3/t14-,15+,17+,19+/m0/s1. The number of hydrogen-bond donors (Lipinski definition) is 1. The number of benzene rings is 1. The Balaban J connectivity index is 1.45. The van der Waals surface area contributed by atoms with Gasteiger partial charge in [0.2, 0.25) is 0 Å². The maximum Gasteiger partial charge on any atom is 0.341 e. The Labute approximate surface area is 167 Å². The smallest absolute Gasteiger partial charge is 0.341 e. The van der Waals surface area contributed by atoms with Crippen LogP contribution in [0.25, 0.3) is 0 Å². The maximum atomic E-state index is 12.6. The lowest BCUT2D eigenvalue weighted by Gasteiger charge is -2.35. The second kappa shape index (κ2) is 7.93. The minimum absolute atomic E-state index is 0.0543. The van der Waals surface area contributed by atoms with E-state index in [2.05, 4.69) is 0 Å². The Hall–Kier alpha value is -2.38. The first kappa shape index (κ1) is 19.0. The van der Waals surface area contributed by atoms with E-state index < -0.39 is 18.2 Å². The van der Waals surface area contributed by atoms with Crippen molar-refractivity contribution >= 4 is 23.2 Å². The fraction of sp³-hybridized carbons (Fsp3) is 0.429. The highest BCUT2D eigenvalue weighted by molar-refractivity contribution is 7.08. The summed E-state index contributed by atoms with van der Waals surface area (Å²) in [6, 6.07) is 8.75. The summed E-state index contributed by atoms with van der Waals surface area (Å²) in [7, 11) is 1.33. The van der Waals surface area contributed by atoms with Crippen LogP contribution in [0.1, 0.15) is 33.6 Å². The first-order chi connectivity index (χ1) is 13.6. The van der Waals surface area contributed by atoms with Crippen molar-refractivity contribution in [3.05, 3.63) is 52.2 Å². The minimum Gasteiger partial charge on any atom is -0.487 e. The monoisotopic (exact) mass is 401 g/mol. The Morgan fingerprint density at radius 1 is 1.14 bits per heavy atom. The fourth-order valence-corrected chi connectivity index (χ4v) is 4.89. The first-order valence-corrected chi connectivity index (χ1v) is 10.3. The van der Waals surface area contributed by atoms with Crippen LogP contribution in [0.15, 0.2) is 41.1 Å². The van der Waals surface area contributed by atoms with Crippen molar-refractivity contribution in [1.82, 2.24) is 4.90 Å². The molecule has 148 valence electrons. The highest BCUT2D eigenvalue weighted by Crippen LogP contribution is 2.39. The van der Waals surface area contributed by atoms with E-state index in [1.807, 2.05) is 21.7 Å². The van der Waals surface area contributed by atoms with Gasteiger partial charge in [0.05, 0.1) is 18.8 Å². The van der Waals surface area contributed by atoms with Crippen molar-refractivity contribution in [2.75, 3.05) is 20.2 Å². The van der Waals surface area contributed by atoms with Gasteiger partial charge in [0, 0.05) is 18.5 Å². The van der Waals surface area contributed by atoms with Crippen LogP contribution < -0.4 is 4.74 Å². The van der Waals surface area contributed by atoms with Gasteiger partial charge in [0.1, 0.15) is 17.4 Å². The van der Waals surface area contributed by atoms with Crippen LogP contribution in [0, 0.1) is 11.8 Å². The van der Waals surface area contributed by atoms with Gasteiger partial charge in [-0.2, -0.15) is 11.3 Å². The van der Waals surface area contributed by atoms with Gasteiger partial charge in [-0.15, -0.1) is 0 Å². The molecular formula is C21H23NO5S. The summed E-state index contributed by atoms with van der Waals surface area (Å²) >= 11 is 1.51. The number of aliphatic hydroxyl groups excluding tert-OH is 1. The molecule has 0 unspecified atom stereocenters. The summed E-state index contributed by atoms with van der Waals surface area (Å²) in [5.74, 6) is 0.557. The lowest BCUT2D eigenvalue weighted by atomic mass is 9.78. The Kier molecular flexibility index (Phi) is 5.37. The first-order valence-electron chi connectivity index (χ1n) is 9.40. The minimum atomic E-state index is -0.636. The average molecular weight is 401 g/mol. The maximum absolute atomic E-state index is 12.6.